The van der Waals surface area contributed by atoms with Gasteiger partial charge in [0.2, 0.25) is 0 Å². The average molecular weight is 247 g/mol. The lowest BCUT2D eigenvalue weighted by atomic mass is 10.0. The van der Waals surface area contributed by atoms with Gasteiger partial charge in [0, 0.05) is 13.0 Å². The number of hydrogen-bond acceptors (Lipinski definition) is 5. The molecule has 7 nitrogen and oxygen atoms in total. The molecule has 2 unspecified atom stereocenters. The molecule has 0 spiro atoms. The second kappa shape index (κ2) is 5.81. The highest BCUT2D eigenvalue weighted by molar-refractivity contribution is 5.78. The van der Waals surface area contributed by atoms with E-state index in [1.807, 2.05) is 6.92 Å². The molecule has 1 saturated carbocycles. The van der Waals surface area contributed by atoms with Crippen LogP contribution in [0.1, 0.15) is 39.0 Å². The Hall–Kier alpha value is -1.37. The van der Waals surface area contributed by atoms with Crippen LogP contribution >= 0.6 is 0 Å². The number of hydrogen-bond donors (Lipinski definition) is 1. The zero-order valence-electron chi connectivity index (χ0n) is 9.76. The molecule has 1 N–H and O–H groups in total. The number of nitrogens with zero attached hydrogens (tertiary/aromatic N) is 1. The Morgan fingerprint density at radius 3 is 2.88 bits per heavy atom. The van der Waals surface area contributed by atoms with Crippen molar-refractivity contribution in [3.63, 3.8) is 0 Å². The first-order chi connectivity index (χ1) is 8.00. The van der Waals surface area contributed by atoms with Crippen molar-refractivity contribution in [1.82, 2.24) is 0 Å². The average Bonchev–Trinajstić information content (AvgIpc) is 2.62. The van der Waals surface area contributed by atoms with Crippen molar-refractivity contribution >= 4 is 5.97 Å². The van der Waals surface area contributed by atoms with Crippen LogP contribution in [0.5, 0.6) is 0 Å². The van der Waals surface area contributed by atoms with E-state index in [1.54, 1.807) is 0 Å². The van der Waals surface area contributed by atoms with Gasteiger partial charge in [-0.1, -0.05) is 13.3 Å². The number of carboxylic acid groups (broad SMARTS) is 1. The number of rotatable bonds is 7. The molecule has 0 heterocycles. The Morgan fingerprint density at radius 1 is 1.65 bits per heavy atom. The van der Waals surface area contributed by atoms with Gasteiger partial charge in [-0.2, -0.15) is 0 Å². The van der Waals surface area contributed by atoms with Crippen LogP contribution in [-0.4, -0.2) is 34.5 Å². The molecule has 1 rings (SSSR count). The van der Waals surface area contributed by atoms with E-state index in [9.17, 15) is 14.9 Å². The summed E-state index contributed by atoms with van der Waals surface area (Å²) in [5.74, 6) is -1.07. The van der Waals surface area contributed by atoms with E-state index in [0.29, 0.717) is 13.0 Å². The maximum Gasteiger partial charge on any atom is 0.336 e. The third-order valence-electron chi connectivity index (χ3n) is 2.93. The molecule has 1 aliphatic rings. The first kappa shape index (κ1) is 13.7. The summed E-state index contributed by atoms with van der Waals surface area (Å²) in [5.41, 5.74) is -1.31. The monoisotopic (exact) mass is 247 g/mol. The van der Waals surface area contributed by atoms with Crippen molar-refractivity contribution in [1.29, 1.82) is 0 Å². The second-order valence-corrected chi connectivity index (χ2v) is 4.20. The van der Waals surface area contributed by atoms with Crippen molar-refractivity contribution in [3.8, 4) is 0 Å². The Balaban J connectivity index is 2.56. The molecule has 0 aromatic carbocycles. The number of carbonyl (C=O) groups is 1. The highest BCUT2D eigenvalue weighted by Crippen LogP contribution is 2.35. The van der Waals surface area contributed by atoms with Gasteiger partial charge in [0.1, 0.15) is 6.10 Å². The minimum atomic E-state index is -1.31. The lowest BCUT2D eigenvalue weighted by Crippen LogP contribution is -2.40. The smallest absolute Gasteiger partial charge is 0.336 e. The highest BCUT2D eigenvalue weighted by atomic mass is 17.0. The molecule has 17 heavy (non-hydrogen) atoms. The number of aliphatic carboxylic acids is 1. The summed E-state index contributed by atoms with van der Waals surface area (Å²) in [4.78, 5) is 25.8. The van der Waals surface area contributed by atoms with E-state index in [-0.39, 0.29) is 12.8 Å². The van der Waals surface area contributed by atoms with Crippen LogP contribution < -0.4 is 0 Å². The van der Waals surface area contributed by atoms with Gasteiger partial charge in [-0.3, -0.25) is 0 Å². The largest absolute Gasteiger partial charge is 0.479 e. The second-order valence-electron chi connectivity index (χ2n) is 4.20. The topological polar surface area (TPSA) is 98.9 Å². The molecule has 2 atom stereocenters. The summed E-state index contributed by atoms with van der Waals surface area (Å²) >= 11 is 0. The molecule has 0 aliphatic heterocycles. The Labute approximate surface area is 98.8 Å². The molecule has 0 amide bonds. The Bertz CT molecular complexity index is 295. The molecular weight excluding hydrogens is 230 g/mol. The molecule has 0 radical (unpaired) electrons. The quantitative estimate of drug-likeness (QED) is 0.414. The minimum absolute atomic E-state index is 0.0347. The number of unbranched alkanes of at least 4 members (excludes halogenated alkanes) is 1. The van der Waals surface area contributed by atoms with Crippen LogP contribution in [0.3, 0.4) is 0 Å². The van der Waals surface area contributed by atoms with Gasteiger partial charge in [0.05, 0.1) is 0 Å². The molecule has 0 bridgehead atoms. The molecular formula is C10H17NO6. The Morgan fingerprint density at radius 2 is 2.35 bits per heavy atom. The summed E-state index contributed by atoms with van der Waals surface area (Å²) in [6.07, 6.45) is 1.62. The fourth-order valence-corrected chi connectivity index (χ4v) is 1.98. The minimum Gasteiger partial charge on any atom is -0.479 e. The van der Waals surface area contributed by atoms with Crippen LogP contribution in [0, 0.1) is 10.1 Å². The van der Waals surface area contributed by atoms with E-state index in [4.69, 9.17) is 9.84 Å². The van der Waals surface area contributed by atoms with E-state index < -0.39 is 22.8 Å². The molecule has 7 heteroatoms. The van der Waals surface area contributed by atoms with Crippen LogP contribution in [0.25, 0.3) is 0 Å². The van der Waals surface area contributed by atoms with Gasteiger partial charge in [-0.25, -0.2) is 4.79 Å². The van der Waals surface area contributed by atoms with Crippen molar-refractivity contribution in [2.45, 2.75) is 50.7 Å². The van der Waals surface area contributed by atoms with Crippen molar-refractivity contribution < 1.29 is 24.6 Å². The predicted molar refractivity (Wildman–Crippen MR) is 56.9 cm³/mol. The summed E-state index contributed by atoms with van der Waals surface area (Å²) < 4.78 is 5.40. The molecule has 98 valence electrons. The van der Waals surface area contributed by atoms with Gasteiger partial charge >= 0.3 is 5.97 Å². The maximum absolute atomic E-state index is 11.2. The zero-order valence-corrected chi connectivity index (χ0v) is 9.76. The molecule has 0 aromatic rings. The van der Waals surface area contributed by atoms with Crippen LogP contribution in [0.4, 0.5) is 0 Å². The zero-order chi connectivity index (χ0) is 12.9. The van der Waals surface area contributed by atoms with Gasteiger partial charge in [-0.05, 0) is 19.3 Å². The Kier molecular flexibility index (Phi) is 4.68. The van der Waals surface area contributed by atoms with Gasteiger partial charge < -0.3 is 14.7 Å². The van der Waals surface area contributed by atoms with Crippen LogP contribution in [0.2, 0.25) is 0 Å². The summed E-state index contributed by atoms with van der Waals surface area (Å²) in [6, 6.07) is 0. The maximum atomic E-state index is 11.2. The van der Waals surface area contributed by atoms with Crippen molar-refractivity contribution in [3.05, 3.63) is 10.1 Å². The fourth-order valence-electron chi connectivity index (χ4n) is 1.98. The SMILES string of the molecule is CCCCOC1(C(=O)O)CCC(O[N+](=O)[O-])C1. The van der Waals surface area contributed by atoms with Crippen molar-refractivity contribution in [2.75, 3.05) is 6.61 Å². The molecule has 0 aromatic heterocycles. The first-order valence-corrected chi connectivity index (χ1v) is 5.68. The van der Waals surface area contributed by atoms with E-state index in [2.05, 4.69) is 4.84 Å². The van der Waals surface area contributed by atoms with Gasteiger partial charge in [-0.15, -0.1) is 10.1 Å². The first-order valence-electron chi connectivity index (χ1n) is 5.68. The molecule has 1 aliphatic carbocycles. The summed E-state index contributed by atoms with van der Waals surface area (Å²) in [6.45, 7) is 2.33. The predicted octanol–water partition coefficient (Wildman–Crippen LogP) is 1.39. The number of ether oxygens (including phenoxy) is 1. The van der Waals surface area contributed by atoms with Gasteiger partial charge in [0.25, 0.3) is 5.09 Å². The third kappa shape index (κ3) is 3.55. The van der Waals surface area contributed by atoms with Crippen LogP contribution in [-0.2, 0) is 14.4 Å². The summed E-state index contributed by atoms with van der Waals surface area (Å²) in [5, 5.41) is 18.5. The van der Waals surface area contributed by atoms with Gasteiger partial charge in [0.15, 0.2) is 5.60 Å². The van der Waals surface area contributed by atoms with Crippen molar-refractivity contribution in [2.24, 2.45) is 0 Å². The fraction of sp³-hybridized carbons (Fsp3) is 0.900. The lowest BCUT2D eigenvalue weighted by molar-refractivity contribution is -0.768. The lowest BCUT2D eigenvalue weighted by Gasteiger charge is -2.24. The number of carboxylic acids is 1. The third-order valence-corrected chi connectivity index (χ3v) is 2.93. The molecule has 1 fully saturated rings. The molecule has 0 saturated heterocycles. The van der Waals surface area contributed by atoms with E-state index >= 15 is 0 Å². The standard InChI is InChI=1S/C10H17NO6/c1-2-3-6-16-10(9(12)13)5-4-8(7-10)17-11(14)15/h8H,2-7H2,1H3,(H,12,13). The van der Waals surface area contributed by atoms with E-state index in [1.165, 1.54) is 0 Å². The van der Waals surface area contributed by atoms with E-state index in [0.717, 1.165) is 12.8 Å². The van der Waals surface area contributed by atoms with Crippen LogP contribution in [0.15, 0.2) is 0 Å². The highest BCUT2D eigenvalue weighted by Gasteiger charge is 2.48. The normalized spacial score (nSPS) is 27.9. The summed E-state index contributed by atoms with van der Waals surface area (Å²) in [7, 11) is 0.